The number of nitrogens with one attached hydrogen (secondary N) is 1. The molecule has 3 N–H and O–H groups in total. The van der Waals surface area contributed by atoms with Crippen LogP contribution in [-0.4, -0.2) is 61.8 Å². The van der Waals surface area contributed by atoms with Crippen molar-refractivity contribution in [1.29, 1.82) is 0 Å². The number of β-lactam (4-membered cyclic amide) rings is 1. The number of carboxylic acid groups (broad SMARTS) is 1. The minimum absolute atomic E-state index is 0.0447. The van der Waals surface area contributed by atoms with Crippen LogP contribution in [0.2, 0.25) is 0 Å². The highest BCUT2D eigenvalue weighted by Gasteiger charge is 2.53. The third-order valence-electron chi connectivity index (χ3n) is 4.97. The van der Waals surface area contributed by atoms with Gasteiger partial charge in [-0.1, -0.05) is 16.9 Å². The van der Waals surface area contributed by atoms with Crippen LogP contribution < -0.4 is 20.7 Å². The number of halogens is 1. The number of hydrogen-bond acceptors (Lipinski definition) is 12. The van der Waals surface area contributed by atoms with Gasteiger partial charge in [0.1, 0.15) is 18.5 Å². The summed E-state index contributed by atoms with van der Waals surface area (Å²) in [5.74, 6) is -2.99. The second-order valence-electron chi connectivity index (χ2n) is 7.28. The van der Waals surface area contributed by atoms with E-state index in [1.165, 1.54) is 23.5 Å². The zero-order valence-electron chi connectivity index (χ0n) is 18.5. The largest absolute Gasteiger partial charge is 0.543 e. The summed E-state index contributed by atoms with van der Waals surface area (Å²) in [4.78, 5) is 47.7. The number of alkyl halides is 1. The molecule has 1 saturated heterocycles. The molecule has 2 atom stereocenters. The molecule has 4 heterocycles. The van der Waals surface area contributed by atoms with E-state index in [0.29, 0.717) is 5.57 Å². The molecular formula is C20H18FN7O5S3. The minimum Gasteiger partial charge on any atom is -0.543 e. The number of carbonyl (C=O) groups excluding carboxylic acids is 3. The summed E-state index contributed by atoms with van der Waals surface area (Å²) in [6, 6.07) is 2.76. The van der Waals surface area contributed by atoms with Gasteiger partial charge in [0.25, 0.3) is 18.7 Å². The van der Waals surface area contributed by atoms with Gasteiger partial charge in [0.2, 0.25) is 11.5 Å². The van der Waals surface area contributed by atoms with Gasteiger partial charge in [0.05, 0.1) is 11.7 Å². The Morgan fingerprint density at radius 1 is 1.47 bits per heavy atom. The molecule has 188 valence electrons. The molecule has 16 heteroatoms. The van der Waals surface area contributed by atoms with Crippen LogP contribution in [0.15, 0.2) is 57.3 Å². The van der Waals surface area contributed by atoms with Crippen molar-refractivity contribution in [3.8, 4) is 0 Å². The van der Waals surface area contributed by atoms with Crippen LogP contribution in [0.4, 0.5) is 9.52 Å². The third-order valence-corrected chi connectivity index (χ3v) is 7.63. The number of oxime groups is 1. The quantitative estimate of drug-likeness (QED) is 0.134. The molecule has 0 unspecified atom stereocenters. The number of allylic oxidation sites excluding steroid dienone is 1. The fraction of sp³-hybridized carbons (Fsp3) is 0.250. The minimum atomic E-state index is -1.50. The summed E-state index contributed by atoms with van der Waals surface area (Å²) < 4.78 is 18.2. The normalized spacial score (nSPS) is 19.8. The van der Waals surface area contributed by atoms with Crippen LogP contribution in [0, 0.1) is 0 Å². The molecule has 2 aliphatic heterocycles. The number of rotatable bonds is 9. The number of nitrogens with zero attached hydrogens (tertiary/aromatic N) is 5. The Labute approximate surface area is 216 Å². The highest BCUT2D eigenvalue weighted by molar-refractivity contribution is 8.02. The number of hydrogen-bond donors (Lipinski definition) is 2. The molecule has 12 nitrogen and oxygen atoms in total. The van der Waals surface area contributed by atoms with E-state index in [4.69, 9.17) is 5.73 Å². The van der Waals surface area contributed by atoms with Gasteiger partial charge in [-0.25, -0.2) is 8.96 Å². The molecule has 2 aliphatic rings. The molecule has 0 aromatic carbocycles. The Hall–Kier alpha value is -3.50. The molecule has 2 amide bonds. The van der Waals surface area contributed by atoms with Gasteiger partial charge in [0.15, 0.2) is 17.5 Å². The number of fused-ring (bicyclic) bond motifs is 1. The van der Waals surface area contributed by atoms with Crippen molar-refractivity contribution in [1.82, 2.24) is 19.6 Å². The van der Waals surface area contributed by atoms with Gasteiger partial charge in [-0.15, -0.1) is 11.8 Å². The zero-order chi connectivity index (χ0) is 25.8. The van der Waals surface area contributed by atoms with E-state index in [9.17, 15) is 23.9 Å². The second kappa shape index (κ2) is 11.0. The molecule has 1 fully saturated rings. The maximum atomic E-state index is 12.9. The van der Waals surface area contributed by atoms with Crippen molar-refractivity contribution in [2.45, 2.75) is 16.3 Å². The maximum absolute atomic E-state index is 12.9. The average Bonchev–Trinajstić information content (AvgIpc) is 3.29. The standard InChI is InChI=1S/C20H18FN7O5S3/c1-27-5-2-11(3-6-27)34-7-4-10-8-35-18-13(17(30)28(18)14(10)19(31)32)23-16(29)12(25-33-9-21)15-24-20(22)36-26-15/h2-7,13,18H,8-9H2,1H3,(H3-,22,23,24,26,29,31,32)/b7-4+,25-12-/t13-,18-/m1/s1. The fourth-order valence-corrected chi connectivity index (χ4v) is 5.76. The Balaban J connectivity index is 1.48. The number of nitrogen functional groups attached to an aromatic ring is 1. The summed E-state index contributed by atoms with van der Waals surface area (Å²) >= 11 is 3.45. The molecule has 0 saturated carbocycles. The Kier molecular flexibility index (Phi) is 7.85. The van der Waals surface area contributed by atoms with Gasteiger partial charge in [-0.2, -0.15) is 9.36 Å². The molecule has 36 heavy (non-hydrogen) atoms. The van der Waals surface area contributed by atoms with Crippen molar-refractivity contribution in [2.24, 2.45) is 12.2 Å². The van der Waals surface area contributed by atoms with Crippen LogP contribution >= 0.6 is 35.1 Å². The summed E-state index contributed by atoms with van der Waals surface area (Å²) in [5, 5.41) is 18.8. The summed E-state index contributed by atoms with van der Waals surface area (Å²) in [6.07, 6.45) is 5.40. The summed E-state index contributed by atoms with van der Waals surface area (Å²) in [6.45, 7) is -1.30. The van der Waals surface area contributed by atoms with Gasteiger partial charge in [-0.3, -0.25) is 14.5 Å². The first-order chi connectivity index (χ1) is 17.3. The first-order valence-electron chi connectivity index (χ1n) is 10.1. The lowest BCUT2D eigenvalue weighted by Gasteiger charge is -2.50. The number of amides is 2. The van der Waals surface area contributed by atoms with E-state index in [0.717, 1.165) is 21.3 Å². The van der Waals surface area contributed by atoms with E-state index in [-0.39, 0.29) is 22.4 Å². The Morgan fingerprint density at radius 2 is 2.22 bits per heavy atom. The molecule has 0 aliphatic carbocycles. The number of aliphatic carboxylic acids is 1. The highest BCUT2D eigenvalue weighted by atomic mass is 32.2. The summed E-state index contributed by atoms with van der Waals surface area (Å²) in [5.41, 5.74) is 5.21. The lowest BCUT2D eigenvalue weighted by Crippen LogP contribution is -2.71. The van der Waals surface area contributed by atoms with Crippen molar-refractivity contribution in [3.63, 3.8) is 0 Å². The van der Waals surface area contributed by atoms with Crippen molar-refractivity contribution >= 4 is 63.7 Å². The average molecular weight is 552 g/mol. The van der Waals surface area contributed by atoms with Crippen molar-refractivity contribution in [3.05, 3.63) is 53.1 Å². The van der Waals surface area contributed by atoms with E-state index in [2.05, 4.69) is 24.7 Å². The number of aryl methyl sites for hydroxylation is 1. The predicted molar refractivity (Wildman–Crippen MR) is 128 cm³/mol. The molecular weight excluding hydrogens is 533 g/mol. The predicted octanol–water partition coefficient (Wildman–Crippen LogP) is -0.698. The van der Waals surface area contributed by atoms with Gasteiger partial charge >= 0.3 is 0 Å². The first-order valence-corrected chi connectivity index (χ1v) is 12.8. The van der Waals surface area contributed by atoms with E-state index in [1.807, 2.05) is 36.1 Å². The van der Waals surface area contributed by atoms with Crippen molar-refractivity contribution in [2.75, 3.05) is 18.3 Å². The maximum Gasteiger partial charge on any atom is 0.278 e. The first kappa shape index (κ1) is 25.6. The highest BCUT2D eigenvalue weighted by Crippen LogP contribution is 2.40. The number of carbonyl (C=O) groups is 3. The number of nitrogens with two attached hydrogens (primary N) is 1. The number of pyridine rings is 1. The Bertz CT molecular complexity index is 1280. The number of carboxylic acids is 1. The van der Waals surface area contributed by atoms with Gasteiger partial charge in [-0.05, 0) is 17.1 Å². The van der Waals surface area contributed by atoms with E-state index >= 15 is 0 Å². The van der Waals surface area contributed by atoms with Crippen LogP contribution in [-0.2, 0) is 26.3 Å². The van der Waals surface area contributed by atoms with E-state index in [1.54, 1.807) is 11.5 Å². The van der Waals surface area contributed by atoms with Crippen LogP contribution in [0.25, 0.3) is 0 Å². The van der Waals surface area contributed by atoms with Crippen LogP contribution in [0.5, 0.6) is 0 Å². The smallest absolute Gasteiger partial charge is 0.278 e. The molecule has 0 spiro atoms. The summed E-state index contributed by atoms with van der Waals surface area (Å²) in [7, 11) is 1.90. The SMILES string of the molecule is C[n+]1ccc(S/C=C/C2=C(C(=O)[O-])N3C(=O)[C@@H](NC(=O)/C(=N\OCF)c4nsc(N)n4)[C@H]3SC2)cc1. The second-order valence-corrected chi connectivity index (χ2v) is 10.1. The third kappa shape index (κ3) is 5.34. The monoisotopic (exact) mass is 551 g/mol. The topological polar surface area (TPSA) is 167 Å². The molecule has 0 radical (unpaired) electrons. The number of aromatic nitrogens is 3. The van der Waals surface area contributed by atoms with Gasteiger partial charge in [0, 0.05) is 34.3 Å². The lowest BCUT2D eigenvalue weighted by atomic mass is 10.0. The van der Waals surface area contributed by atoms with Gasteiger partial charge < -0.3 is 25.8 Å². The molecule has 2 aromatic rings. The van der Waals surface area contributed by atoms with E-state index < -0.39 is 41.8 Å². The van der Waals surface area contributed by atoms with Crippen LogP contribution in [0.1, 0.15) is 5.82 Å². The molecule has 4 rings (SSSR count). The molecule has 0 bridgehead atoms. The molecule has 2 aromatic heterocycles. The lowest BCUT2D eigenvalue weighted by molar-refractivity contribution is -0.671. The fourth-order valence-electron chi connectivity index (χ4n) is 3.33. The Morgan fingerprint density at radius 3 is 2.86 bits per heavy atom. The zero-order valence-corrected chi connectivity index (χ0v) is 20.9. The van der Waals surface area contributed by atoms with Crippen LogP contribution in [0.3, 0.4) is 0 Å². The number of anilines is 1. The van der Waals surface area contributed by atoms with Crippen molar-refractivity contribution < 1.29 is 33.3 Å². The number of thioether (sulfide) groups is 2.